The Morgan fingerprint density at radius 2 is 1.90 bits per heavy atom. The molecule has 0 saturated carbocycles. The second-order valence-electron chi connectivity index (χ2n) is 8.20. The largest absolute Gasteiger partial charge is 0.354 e. The third kappa shape index (κ3) is 4.53. The van der Waals surface area contributed by atoms with E-state index in [0.717, 1.165) is 11.1 Å². The van der Waals surface area contributed by atoms with E-state index in [-0.39, 0.29) is 23.6 Å². The summed E-state index contributed by atoms with van der Waals surface area (Å²) in [5.41, 5.74) is 4.59. The SMILES string of the molecule is Cc1cccc(-c2ccc(CC3CN(C(=O)C4CCC(=O)N4)CCNC3=O)cc2)c1. The Kier molecular flexibility index (Phi) is 5.84. The minimum absolute atomic E-state index is 0.0245. The summed E-state index contributed by atoms with van der Waals surface area (Å²) in [4.78, 5) is 38.6. The topological polar surface area (TPSA) is 78.5 Å². The van der Waals surface area contributed by atoms with E-state index in [1.807, 2.05) is 6.07 Å². The molecule has 6 nitrogen and oxygen atoms in total. The van der Waals surface area contributed by atoms with E-state index in [2.05, 4.69) is 60.0 Å². The predicted molar refractivity (Wildman–Crippen MR) is 115 cm³/mol. The van der Waals surface area contributed by atoms with E-state index < -0.39 is 6.04 Å². The van der Waals surface area contributed by atoms with Crippen molar-refractivity contribution in [3.05, 3.63) is 59.7 Å². The normalized spacial score (nSPS) is 21.7. The van der Waals surface area contributed by atoms with Crippen LogP contribution in [0.1, 0.15) is 24.0 Å². The smallest absolute Gasteiger partial charge is 0.245 e. The van der Waals surface area contributed by atoms with Crippen molar-refractivity contribution in [3.8, 4) is 11.1 Å². The predicted octanol–water partition coefficient (Wildman–Crippen LogP) is 2.06. The first-order valence-corrected chi connectivity index (χ1v) is 10.5. The highest BCUT2D eigenvalue weighted by molar-refractivity contribution is 5.91. The van der Waals surface area contributed by atoms with E-state index in [1.165, 1.54) is 11.1 Å². The van der Waals surface area contributed by atoms with Gasteiger partial charge in [0.15, 0.2) is 0 Å². The van der Waals surface area contributed by atoms with Gasteiger partial charge in [-0.2, -0.15) is 0 Å². The van der Waals surface area contributed by atoms with Crippen molar-refractivity contribution in [1.29, 1.82) is 0 Å². The molecule has 2 aromatic rings. The van der Waals surface area contributed by atoms with Crippen LogP contribution in [0.4, 0.5) is 0 Å². The Morgan fingerprint density at radius 3 is 2.60 bits per heavy atom. The molecular formula is C24H27N3O3. The van der Waals surface area contributed by atoms with Gasteiger partial charge in [-0.1, -0.05) is 54.1 Å². The van der Waals surface area contributed by atoms with Crippen LogP contribution in [0, 0.1) is 12.8 Å². The molecule has 2 atom stereocenters. The van der Waals surface area contributed by atoms with Crippen molar-refractivity contribution in [1.82, 2.24) is 15.5 Å². The van der Waals surface area contributed by atoms with Gasteiger partial charge in [-0.05, 0) is 36.5 Å². The summed E-state index contributed by atoms with van der Waals surface area (Å²) >= 11 is 0. The Morgan fingerprint density at radius 1 is 1.10 bits per heavy atom. The molecule has 2 saturated heterocycles. The minimum Gasteiger partial charge on any atom is -0.354 e. The molecule has 2 aliphatic rings. The Bertz CT molecular complexity index is 954. The number of carbonyl (C=O) groups is 3. The number of benzene rings is 2. The second-order valence-corrected chi connectivity index (χ2v) is 8.20. The lowest BCUT2D eigenvalue weighted by molar-refractivity contribution is -0.135. The first-order valence-electron chi connectivity index (χ1n) is 10.5. The summed E-state index contributed by atoms with van der Waals surface area (Å²) in [7, 11) is 0. The summed E-state index contributed by atoms with van der Waals surface area (Å²) in [5, 5.41) is 5.66. The number of rotatable bonds is 4. The molecule has 2 fully saturated rings. The number of nitrogens with one attached hydrogen (secondary N) is 2. The van der Waals surface area contributed by atoms with Crippen LogP contribution in [0.3, 0.4) is 0 Å². The van der Waals surface area contributed by atoms with Crippen LogP contribution in [0.5, 0.6) is 0 Å². The fourth-order valence-corrected chi connectivity index (χ4v) is 4.22. The molecule has 4 rings (SSSR count). The number of carbonyl (C=O) groups excluding carboxylic acids is 3. The quantitative estimate of drug-likeness (QED) is 0.817. The first kappa shape index (κ1) is 20.1. The molecule has 2 heterocycles. The van der Waals surface area contributed by atoms with Gasteiger partial charge in [0.2, 0.25) is 17.7 Å². The molecule has 0 spiro atoms. The Balaban J connectivity index is 1.44. The molecule has 3 amide bonds. The maximum atomic E-state index is 12.8. The summed E-state index contributed by atoms with van der Waals surface area (Å²) in [5.74, 6) is -0.498. The molecule has 0 aromatic heterocycles. The molecule has 2 N–H and O–H groups in total. The lowest BCUT2D eigenvalue weighted by atomic mass is 9.95. The van der Waals surface area contributed by atoms with Crippen molar-refractivity contribution in [2.75, 3.05) is 19.6 Å². The highest BCUT2D eigenvalue weighted by Crippen LogP contribution is 2.22. The number of aryl methyl sites for hydroxylation is 1. The highest BCUT2D eigenvalue weighted by atomic mass is 16.2. The van der Waals surface area contributed by atoms with Crippen molar-refractivity contribution in [2.24, 2.45) is 5.92 Å². The van der Waals surface area contributed by atoms with Crippen LogP contribution in [0.2, 0.25) is 0 Å². The van der Waals surface area contributed by atoms with Crippen LogP contribution >= 0.6 is 0 Å². The van der Waals surface area contributed by atoms with E-state index in [9.17, 15) is 14.4 Å². The summed E-state index contributed by atoms with van der Waals surface area (Å²) in [6.07, 6.45) is 1.49. The molecule has 6 heteroatoms. The van der Waals surface area contributed by atoms with Gasteiger partial charge < -0.3 is 15.5 Å². The number of nitrogens with zero attached hydrogens (tertiary/aromatic N) is 1. The third-order valence-corrected chi connectivity index (χ3v) is 5.89. The van der Waals surface area contributed by atoms with E-state index in [4.69, 9.17) is 0 Å². The lowest BCUT2D eigenvalue weighted by Gasteiger charge is -2.26. The monoisotopic (exact) mass is 405 g/mol. The highest BCUT2D eigenvalue weighted by Gasteiger charge is 2.34. The Labute approximate surface area is 176 Å². The Hall–Kier alpha value is -3.15. The fraction of sp³-hybridized carbons (Fsp3) is 0.375. The summed E-state index contributed by atoms with van der Waals surface area (Å²) < 4.78 is 0. The van der Waals surface area contributed by atoms with Gasteiger partial charge in [-0.15, -0.1) is 0 Å². The van der Waals surface area contributed by atoms with Crippen LogP contribution in [0.25, 0.3) is 11.1 Å². The molecule has 0 bridgehead atoms. The molecule has 30 heavy (non-hydrogen) atoms. The van der Waals surface area contributed by atoms with Gasteiger partial charge >= 0.3 is 0 Å². The van der Waals surface area contributed by atoms with Gasteiger partial charge in [0, 0.05) is 26.1 Å². The van der Waals surface area contributed by atoms with Crippen LogP contribution in [-0.4, -0.2) is 48.3 Å². The molecule has 2 aliphatic heterocycles. The first-order chi connectivity index (χ1) is 14.5. The average molecular weight is 405 g/mol. The standard InChI is InChI=1S/C24H27N3O3/c1-16-3-2-4-19(13-16)18-7-5-17(6-8-18)14-20-15-27(12-11-25-23(20)29)24(30)21-9-10-22(28)26-21/h2-8,13,20-21H,9-12,14-15H2,1H3,(H,25,29)(H,26,28). The van der Waals surface area contributed by atoms with Gasteiger partial charge in [-0.3, -0.25) is 14.4 Å². The maximum Gasteiger partial charge on any atom is 0.245 e. The zero-order valence-corrected chi connectivity index (χ0v) is 17.2. The van der Waals surface area contributed by atoms with Crippen LogP contribution in [-0.2, 0) is 20.8 Å². The molecular weight excluding hydrogens is 378 g/mol. The van der Waals surface area contributed by atoms with Gasteiger partial charge in [0.05, 0.1) is 5.92 Å². The average Bonchev–Trinajstić information content (AvgIpc) is 3.10. The summed E-state index contributed by atoms with van der Waals surface area (Å²) in [6.45, 7) is 3.36. The molecule has 2 aromatic carbocycles. The molecule has 2 unspecified atom stereocenters. The third-order valence-electron chi connectivity index (χ3n) is 5.89. The van der Waals surface area contributed by atoms with E-state index >= 15 is 0 Å². The second kappa shape index (κ2) is 8.69. The van der Waals surface area contributed by atoms with Crippen molar-refractivity contribution < 1.29 is 14.4 Å². The molecule has 0 radical (unpaired) electrons. The van der Waals surface area contributed by atoms with E-state index in [1.54, 1.807) is 4.90 Å². The van der Waals surface area contributed by atoms with E-state index in [0.29, 0.717) is 38.9 Å². The number of hydrogen-bond donors (Lipinski definition) is 2. The molecule has 0 aliphatic carbocycles. The summed E-state index contributed by atoms with van der Waals surface area (Å²) in [6, 6.07) is 16.2. The zero-order chi connectivity index (χ0) is 21.1. The molecule has 156 valence electrons. The van der Waals surface area contributed by atoms with Crippen molar-refractivity contribution in [2.45, 2.75) is 32.2 Å². The fourth-order valence-electron chi connectivity index (χ4n) is 4.22. The van der Waals surface area contributed by atoms with Crippen LogP contribution in [0.15, 0.2) is 48.5 Å². The van der Waals surface area contributed by atoms with Crippen LogP contribution < -0.4 is 10.6 Å². The van der Waals surface area contributed by atoms with Crippen molar-refractivity contribution in [3.63, 3.8) is 0 Å². The van der Waals surface area contributed by atoms with Gasteiger partial charge in [-0.25, -0.2) is 0 Å². The number of hydrogen-bond acceptors (Lipinski definition) is 3. The zero-order valence-electron chi connectivity index (χ0n) is 17.2. The lowest BCUT2D eigenvalue weighted by Crippen LogP contribution is -2.46. The maximum absolute atomic E-state index is 12.8. The van der Waals surface area contributed by atoms with Gasteiger partial charge in [0.25, 0.3) is 0 Å². The number of amides is 3. The van der Waals surface area contributed by atoms with Crippen molar-refractivity contribution >= 4 is 17.7 Å². The minimum atomic E-state index is -0.458. The van der Waals surface area contributed by atoms with Gasteiger partial charge in [0.1, 0.15) is 6.04 Å².